The molecule has 0 saturated heterocycles. The molecule has 4 N–H and O–H groups in total. The van der Waals surface area contributed by atoms with Gasteiger partial charge in [-0.1, -0.05) is 37.3 Å². The average Bonchev–Trinajstić information content (AvgIpc) is 2.76. The van der Waals surface area contributed by atoms with E-state index in [-0.39, 0.29) is 24.0 Å². The van der Waals surface area contributed by atoms with E-state index in [1.54, 1.807) is 0 Å². The van der Waals surface area contributed by atoms with E-state index in [1.807, 2.05) is 62.4 Å². The number of amides is 1. The number of aliphatic hydroxyl groups excluding tert-OH is 1. The Morgan fingerprint density at radius 2 is 1.94 bits per heavy atom. The Hall–Kier alpha value is -2.90. The van der Waals surface area contributed by atoms with Crippen LogP contribution in [0.5, 0.6) is 5.75 Å². The lowest BCUT2D eigenvalue weighted by molar-refractivity contribution is -0.121. The van der Waals surface area contributed by atoms with Crippen molar-refractivity contribution in [3.05, 3.63) is 59.7 Å². The molecule has 7 heteroatoms. The Labute approximate surface area is 190 Å². The molecule has 1 aliphatic rings. The van der Waals surface area contributed by atoms with Crippen molar-refractivity contribution in [2.75, 3.05) is 25.0 Å². The number of β-amino-alcohol motifs (C(OH)–C–C–N with tert-alkyl or cyclic N) is 1. The van der Waals surface area contributed by atoms with Gasteiger partial charge in [-0.25, -0.2) is 5.43 Å². The van der Waals surface area contributed by atoms with Crippen LogP contribution in [0.2, 0.25) is 0 Å². The second kappa shape index (κ2) is 10.6. The number of aryl methyl sites for hydroxylation is 1. The molecule has 1 heterocycles. The highest BCUT2D eigenvalue weighted by atomic mass is 16.5. The minimum atomic E-state index is -0.605. The largest absolute Gasteiger partial charge is 0.491 e. The van der Waals surface area contributed by atoms with Gasteiger partial charge in [0.2, 0.25) is 5.91 Å². The van der Waals surface area contributed by atoms with Crippen molar-refractivity contribution in [1.29, 1.82) is 0 Å². The summed E-state index contributed by atoms with van der Waals surface area (Å²) in [6.07, 6.45) is -0.146. The van der Waals surface area contributed by atoms with Crippen molar-refractivity contribution in [1.82, 2.24) is 10.7 Å². The number of nitrogens with zero attached hydrogens (tertiary/aromatic N) is 1. The SMILES string of the molecule is Cc1ccccc1OCC(O)CNC(C)(C)CNc1ccc(C2=NNC(=O)CC2C)cc1. The molecule has 0 aromatic heterocycles. The van der Waals surface area contributed by atoms with Gasteiger partial charge in [0.1, 0.15) is 18.5 Å². The summed E-state index contributed by atoms with van der Waals surface area (Å²) in [6, 6.07) is 15.9. The van der Waals surface area contributed by atoms with E-state index in [4.69, 9.17) is 4.74 Å². The third-order valence-corrected chi connectivity index (χ3v) is 5.52. The molecular weight excluding hydrogens is 404 g/mol. The Bertz CT molecular complexity index is 940. The van der Waals surface area contributed by atoms with E-state index in [9.17, 15) is 9.90 Å². The number of hydrazone groups is 1. The highest BCUT2D eigenvalue weighted by Gasteiger charge is 2.22. The fraction of sp³-hybridized carbons (Fsp3) is 0.440. The first-order chi connectivity index (χ1) is 15.2. The third-order valence-electron chi connectivity index (χ3n) is 5.52. The Balaban J connectivity index is 1.44. The number of hydrogen-bond acceptors (Lipinski definition) is 6. The van der Waals surface area contributed by atoms with Crippen LogP contribution in [0.4, 0.5) is 5.69 Å². The highest BCUT2D eigenvalue weighted by molar-refractivity contribution is 6.05. The Morgan fingerprint density at radius 1 is 1.22 bits per heavy atom. The van der Waals surface area contributed by atoms with E-state index in [1.165, 1.54) is 0 Å². The quantitative estimate of drug-likeness (QED) is 0.457. The molecule has 0 fully saturated rings. The molecule has 2 aromatic carbocycles. The predicted octanol–water partition coefficient (Wildman–Crippen LogP) is 3.08. The summed E-state index contributed by atoms with van der Waals surface area (Å²) in [4.78, 5) is 11.4. The van der Waals surface area contributed by atoms with Gasteiger partial charge in [0.05, 0.1) is 5.71 Å². The van der Waals surface area contributed by atoms with Crippen LogP contribution in [0.15, 0.2) is 53.6 Å². The second-order valence-corrected chi connectivity index (χ2v) is 9.06. The van der Waals surface area contributed by atoms with E-state index < -0.39 is 6.10 Å². The van der Waals surface area contributed by atoms with Crippen LogP contribution >= 0.6 is 0 Å². The molecule has 172 valence electrons. The van der Waals surface area contributed by atoms with Crippen LogP contribution in [0.3, 0.4) is 0 Å². The van der Waals surface area contributed by atoms with Crippen LogP contribution in [0.1, 0.15) is 38.3 Å². The molecule has 3 rings (SSSR count). The van der Waals surface area contributed by atoms with Gasteiger partial charge in [0.25, 0.3) is 0 Å². The first-order valence-electron chi connectivity index (χ1n) is 11.1. The summed E-state index contributed by atoms with van der Waals surface area (Å²) >= 11 is 0. The number of nitrogens with one attached hydrogen (secondary N) is 3. The van der Waals surface area contributed by atoms with Gasteiger partial charge >= 0.3 is 0 Å². The maximum atomic E-state index is 11.4. The van der Waals surface area contributed by atoms with Gasteiger partial charge in [-0.2, -0.15) is 5.10 Å². The normalized spacial score (nSPS) is 17.3. The average molecular weight is 439 g/mol. The number of rotatable bonds is 10. The van der Waals surface area contributed by atoms with Crippen LogP contribution in [0.25, 0.3) is 0 Å². The minimum absolute atomic E-state index is 0.0406. The number of benzene rings is 2. The first kappa shape index (κ1) is 23.8. The van der Waals surface area contributed by atoms with E-state index in [0.717, 1.165) is 28.3 Å². The predicted molar refractivity (Wildman–Crippen MR) is 128 cm³/mol. The summed E-state index contributed by atoms with van der Waals surface area (Å²) in [5.41, 5.74) is 6.30. The lowest BCUT2D eigenvalue weighted by atomic mass is 9.94. The molecule has 7 nitrogen and oxygen atoms in total. The van der Waals surface area contributed by atoms with Crippen molar-refractivity contribution in [2.24, 2.45) is 11.0 Å². The van der Waals surface area contributed by atoms with Crippen LogP contribution in [-0.2, 0) is 4.79 Å². The van der Waals surface area contributed by atoms with Crippen molar-refractivity contribution in [2.45, 2.75) is 45.8 Å². The Morgan fingerprint density at radius 3 is 2.62 bits per heavy atom. The smallest absolute Gasteiger partial charge is 0.240 e. The monoisotopic (exact) mass is 438 g/mol. The molecule has 0 aliphatic carbocycles. The number of carbonyl (C=O) groups is 1. The van der Waals surface area contributed by atoms with Crippen molar-refractivity contribution in [3.8, 4) is 5.75 Å². The van der Waals surface area contributed by atoms with Crippen LogP contribution in [0, 0.1) is 12.8 Å². The van der Waals surface area contributed by atoms with Gasteiger partial charge in [-0.05, 0) is 50.1 Å². The number of anilines is 1. The molecule has 0 radical (unpaired) electrons. The molecular formula is C25H34N4O3. The number of ether oxygens (including phenoxy) is 1. The molecule has 2 aromatic rings. The molecule has 32 heavy (non-hydrogen) atoms. The van der Waals surface area contributed by atoms with E-state index in [2.05, 4.69) is 35.0 Å². The molecule has 0 saturated carbocycles. The lowest BCUT2D eigenvalue weighted by Crippen LogP contribution is -2.49. The molecule has 0 bridgehead atoms. The number of carbonyl (C=O) groups excluding carboxylic acids is 1. The summed E-state index contributed by atoms with van der Waals surface area (Å²) < 4.78 is 5.73. The topological polar surface area (TPSA) is 95.0 Å². The third kappa shape index (κ3) is 6.80. The molecule has 1 amide bonds. The summed E-state index contributed by atoms with van der Waals surface area (Å²) in [5.74, 6) is 0.861. The minimum Gasteiger partial charge on any atom is -0.491 e. The van der Waals surface area contributed by atoms with Gasteiger partial charge in [-0.3, -0.25) is 4.79 Å². The Kier molecular flexibility index (Phi) is 7.88. The number of aliphatic hydroxyl groups is 1. The second-order valence-electron chi connectivity index (χ2n) is 9.06. The summed E-state index contributed by atoms with van der Waals surface area (Å²) in [5, 5.41) is 21.3. The zero-order chi connectivity index (χ0) is 23.1. The van der Waals surface area contributed by atoms with Gasteiger partial charge in [0, 0.05) is 36.7 Å². The van der Waals surface area contributed by atoms with Crippen LogP contribution in [-0.4, -0.2) is 48.1 Å². The van der Waals surface area contributed by atoms with Gasteiger partial charge in [-0.15, -0.1) is 0 Å². The summed E-state index contributed by atoms with van der Waals surface area (Å²) in [6.45, 7) is 9.54. The van der Waals surface area contributed by atoms with Crippen molar-refractivity contribution < 1.29 is 14.6 Å². The fourth-order valence-electron chi connectivity index (χ4n) is 3.50. The zero-order valence-corrected chi connectivity index (χ0v) is 19.3. The molecule has 2 unspecified atom stereocenters. The lowest BCUT2D eigenvalue weighted by Gasteiger charge is -2.28. The maximum Gasteiger partial charge on any atom is 0.240 e. The maximum absolute atomic E-state index is 11.4. The fourth-order valence-corrected chi connectivity index (χ4v) is 3.50. The van der Waals surface area contributed by atoms with E-state index in [0.29, 0.717) is 19.5 Å². The van der Waals surface area contributed by atoms with Gasteiger partial charge < -0.3 is 20.5 Å². The first-order valence-corrected chi connectivity index (χ1v) is 11.1. The van der Waals surface area contributed by atoms with Crippen molar-refractivity contribution in [3.63, 3.8) is 0 Å². The molecule has 2 atom stereocenters. The van der Waals surface area contributed by atoms with Gasteiger partial charge in [0.15, 0.2) is 0 Å². The molecule has 1 aliphatic heterocycles. The number of hydrogen-bond donors (Lipinski definition) is 4. The highest BCUT2D eigenvalue weighted by Crippen LogP contribution is 2.19. The summed E-state index contributed by atoms with van der Waals surface area (Å²) in [7, 11) is 0. The van der Waals surface area contributed by atoms with Crippen molar-refractivity contribution >= 4 is 17.3 Å². The zero-order valence-electron chi connectivity index (χ0n) is 19.3. The number of para-hydroxylation sites is 1. The standard InChI is InChI=1S/C25H34N4O3/c1-17-7-5-6-8-22(17)32-15-21(30)14-27-25(3,4)16-26-20-11-9-19(10-12-20)24-18(2)13-23(31)28-29-24/h5-12,18,21,26-27,30H,13-16H2,1-4H3,(H,28,31). The van der Waals surface area contributed by atoms with Crippen LogP contribution < -0.4 is 20.8 Å². The van der Waals surface area contributed by atoms with E-state index >= 15 is 0 Å². The molecule has 0 spiro atoms.